The summed E-state index contributed by atoms with van der Waals surface area (Å²) in [4.78, 5) is 29.5. The lowest BCUT2D eigenvalue weighted by molar-refractivity contribution is -0.123. The predicted octanol–water partition coefficient (Wildman–Crippen LogP) is 5.21. The highest BCUT2D eigenvalue weighted by Gasteiger charge is 2.53. The van der Waals surface area contributed by atoms with Gasteiger partial charge in [0, 0.05) is 47.1 Å². The van der Waals surface area contributed by atoms with Gasteiger partial charge >= 0.3 is 6.03 Å². The Morgan fingerprint density at radius 1 is 1.00 bits per heavy atom. The van der Waals surface area contributed by atoms with Crippen molar-refractivity contribution < 1.29 is 27.5 Å². The number of methoxy groups -OCH3 is 1. The number of benzene rings is 3. The first-order valence-corrected chi connectivity index (χ1v) is 15.4. The second-order valence-electron chi connectivity index (χ2n) is 9.79. The second kappa shape index (κ2) is 12.2. The first-order chi connectivity index (χ1) is 20.0. The molecule has 0 aliphatic carbocycles. The quantitative estimate of drug-likeness (QED) is 0.322. The van der Waals surface area contributed by atoms with Gasteiger partial charge in [0.2, 0.25) is 9.84 Å². The fourth-order valence-electron chi connectivity index (χ4n) is 5.30. The van der Waals surface area contributed by atoms with Crippen molar-refractivity contribution in [3.8, 4) is 11.5 Å². The molecular weight excluding hydrogens is 580 g/mol. The zero-order valence-electron chi connectivity index (χ0n) is 24.4. The number of carbonyl (C=O) groups excluding carboxylic acids is 2. The molecule has 4 rings (SSSR count). The Bertz CT molecular complexity index is 1620. The summed E-state index contributed by atoms with van der Waals surface area (Å²) < 4.78 is 40.0. The SMILES string of the molecule is CCOc1cc2c(c(S(=O)(=O)c3ccc(NC(=O)N(CC)CC)cc3OC)c1)NC(=O)C2(c1ccccc1Cl)N(C)C. The van der Waals surface area contributed by atoms with Crippen LogP contribution in [0.2, 0.25) is 5.02 Å². The maximum absolute atomic E-state index is 14.3. The molecule has 12 heteroatoms. The lowest BCUT2D eigenvalue weighted by atomic mass is 9.82. The minimum atomic E-state index is -4.30. The second-order valence-corrected chi connectivity index (χ2v) is 12.1. The third-order valence-corrected chi connectivity index (χ3v) is 9.47. The topological polar surface area (TPSA) is 117 Å². The molecule has 2 N–H and O–H groups in total. The third kappa shape index (κ3) is 5.16. The number of rotatable bonds is 10. The summed E-state index contributed by atoms with van der Waals surface area (Å²) in [6.45, 7) is 6.81. The molecule has 0 bridgehead atoms. The standard InChI is InChI=1S/C30H35ClN4O6S/c1-7-35(8-2)29(37)32-19-14-15-25(24(16-19)40-6)42(38,39)26-18-20(41-9-3)17-22-27(26)33-28(36)30(22,34(4)5)21-12-10-11-13-23(21)31/h10-18H,7-9H2,1-6H3,(H,32,37)(H,33,36). The molecule has 0 spiro atoms. The van der Waals surface area contributed by atoms with Crippen molar-refractivity contribution >= 4 is 44.8 Å². The van der Waals surface area contributed by atoms with Crippen molar-refractivity contribution in [2.75, 3.05) is 51.5 Å². The van der Waals surface area contributed by atoms with Crippen molar-refractivity contribution in [2.45, 2.75) is 36.1 Å². The van der Waals surface area contributed by atoms with E-state index in [-0.39, 0.29) is 39.6 Å². The third-order valence-electron chi connectivity index (χ3n) is 7.32. The highest BCUT2D eigenvalue weighted by Crippen LogP contribution is 2.51. The van der Waals surface area contributed by atoms with E-state index >= 15 is 0 Å². The van der Waals surface area contributed by atoms with Crippen LogP contribution < -0.4 is 20.1 Å². The van der Waals surface area contributed by atoms with E-state index < -0.39 is 21.3 Å². The van der Waals surface area contributed by atoms with Crippen LogP contribution in [0.25, 0.3) is 0 Å². The van der Waals surface area contributed by atoms with E-state index in [1.165, 1.54) is 31.4 Å². The van der Waals surface area contributed by atoms with Gasteiger partial charge in [-0.3, -0.25) is 9.69 Å². The summed E-state index contributed by atoms with van der Waals surface area (Å²) in [6, 6.07) is 14.0. The lowest BCUT2D eigenvalue weighted by Gasteiger charge is -2.35. The normalized spacial score (nSPS) is 16.1. The van der Waals surface area contributed by atoms with E-state index in [0.29, 0.717) is 34.9 Å². The van der Waals surface area contributed by atoms with Gasteiger partial charge in [-0.2, -0.15) is 0 Å². The Morgan fingerprint density at radius 2 is 1.69 bits per heavy atom. The van der Waals surface area contributed by atoms with Crippen LogP contribution in [-0.4, -0.2) is 71.1 Å². The molecular formula is C30H35ClN4O6S. The number of anilines is 2. The molecule has 3 aromatic rings. The van der Waals surface area contributed by atoms with Crippen molar-refractivity contribution in [1.82, 2.24) is 9.80 Å². The van der Waals surface area contributed by atoms with Crippen LogP contribution in [0.3, 0.4) is 0 Å². The fraction of sp³-hybridized carbons (Fsp3) is 0.333. The Morgan fingerprint density at radius 3 is 2.29 bits per heavy atom. The Kier molecular flexibility index (Phi) is 9.05. The van der Waals surface area contributed by atoms with Crippen molar-refractivity contribution in [3.05, 3.63) is 70.7 Å². The summed E-state index contributed by atoms with van der Waals surface area (Å²) in [5.41, 5.74) is -0.0612. The Labute approximate surface area is 251 Å². The highest BCUT2D eigenvalue weighted by atomic mass is 35.5. The molecule has 224 valence electrons. The number of nitrogens with one attached hydrogen (secondary N) is 2. The molecule has 10 nitrogen and oxygen atoms in total. The number of likely N-dealkylation sites (N-methyl/N-ethyl adjacent to an activating group) is 1. The van der Waals surface area contributed by atoms with E-state index in [4.69, 9.17) is 21.1 Å². The lowest BCUT2D eigenvalue weighted by Crippen LogP contribution is -2.48. The molecule has 0 aromatic heterocycles. The molecule has 42 heavy (non-hydrogen) atoms. The van der Waals surface area contributed by atoms with Gasteiger partial charge in [0.15, 0.2) is 5.54 Å². The molecule has 1 aliphatic heterocycles. The summed E-state index contributed by atoms with van der Waals surface area (Å²) in [7, 11) is 0.504. The number of carbonyl (C=O) groups is 2. The molecule has 1 heterocycles. The molecule has 1 atom stereocenters. The average Bonchev–Trinajstić information content (AvgIpc) is 3.25. The molecule has 3 amide bonds. The van der Waals surface area contributed by atoms with Crippen LogP contribution in [0.15, 0.2) is 64.4 Å². The van der Waals surface area contributed by atoms with Crippen molar-refractivity contribution in [3.63, 3.8) is 0 Å². The number of halogens is 1. The number of ether oxygens (including phenoxy) is 2. The van der Waals surface area contributed by atoms with Crippen LogP contribution >= 0.6 is 11.6 Å². The van der Waals surface area contributed by atoms with Gasteiger partial charge in [-0.15, -0.1) is 0 Å². The van der Waals surface area contributed by atoms with Gasteiger partial charge in [0.1, 0.15) is 16.4 Å². The summed E-state index contributed by atoms with van der Waals surface area (Å²) in [6.07, 6.45) is 0. The minimum absolute atomic E-state index is 0.0252. The maximum atomic E-state index is 14.3. The van der Waals surface area contributed by atoms with Crippen molar-refractivity contribution in [1.29, 1.82) is 0 Å². The Hall–Kier alpha value is -3.80. The molecule has 0 saturated heterocycles. The van der Waals surface area contributed by atoms with Gasteiger partial charge in [-0.1, -0.05) is 29.8 Å². The van der Waals surface area contributed by atoms with Crippen LogP contribution in [0.1, 0.15) is 31.9 Å². The molecule has 1 unspecified atom stereocenters. The summed E-state index contributed by atoms with van der Waals surface area (Å²) >= 11 is 6.62. The number of hydrogen-bond acceptors (Lipinski definition) is 7. The van der Waals surface area contributed by atoms with Crippen LogP contribution in [0.5, 0.6) is 11.5 Å². The highest BCUT2D eigenvalue weighted by molar-refractivity contribution is 7.91. The van der Waals surface area contributed by atoms with Gasteiger partial charge in [0.25, 0.3) is 5.91 Å². The predicted molar refractivity (Wildman–Crippen MR) is 163 cm³/mol. The van der Waals surface area contributed by atoms with E-state index in [9.17, 15) is 18.0 Å². The van der Waals surface area contributed by atoms with E-state index in [2.05, 4.69) is 10.6 Å². The van der Waals surface area contributed by atoms with Crippen molar-refractivity contribution in [2.24, 2.45) is 0 Å². The number of sulfone groups is 1. The van der Waals surface area contributed by atoms with Crippen LogP contribution in [0, 0.1) is 0 Å². The fourth-order valence-corrected chi connectivity index (χ4v) is 7.16. The molecule has 0 saturated carbocycles. The molecule has 3 aromatic carbocycles. The molecule has 0 fully saturated rings. The van der Waals surface area contributed by atoms with Gasteiger partial charge in [-0.05, 0) is 59.1 Å². The number of fused-ring (bicyclic) bond motifs is 1. The first kappa shape index (κ1) is 31.1. The zero-order chi connectivity index (χ0) is 30.8. The van der Waals surface area contributed by atoms with Gasteiger partial charge < -0.3 is 25.0 Å². The largest absolute Gasteiger partial charge is 0.495 e. The smallest absolute Gasteiger partial charge is 0.321 e. The molecule has 1 aliphatic rings. The summed E-state index contributed by atoms with van der Waals surface area (Å²) in [5, 5.41) is 5.96. The zero-order valence-corrected chi connectivity index (χ0v) is 26.0. The van der Waals surface area contributed by atoms with Crippen LogP contribution in [0.4, 0.5) is 16.2 Å². The average molecular weight is 615 g/mol. The van der Waals surface area contributed by atoms with Gasteiger partial charge in [-0.25, -0.2) is 13.2 Å². The number of hydrogen-bond donors (Lipinski definition) is 2. The monoisotopic (exact) mass is 614 g/mol. The summed E-state index contributed by atoms with van der Waals surface area (Å²) in [5.74, 6) is -0.161. The number of nitrogens with zero attached hydrogens (tertiary/aromatic N) is 2. The minimum Gasteiger partial charge on any atom is -0.495 e. The van der Waals surface area contributed by atoms with E-state index in [1.54, 1.807) is 61.2 Å². The number of amides is 3. The first-order valence-electron chi connectivity index (χ1n) is 13.5. The molecule has 0 radical (unpaired) electrons. The van der Waals surface area contributed by atoms with E-state index in [1.807, 2.05) is 13.8 Å². The van der Waals surface area contributed by atoms with Crippen LogP contribution in [-0.2, 0) is 20.2 Å². The number of urea groups is 1. The van der Waals surface area contributed by atoms with E-state index in [0.717, 1.165) is 0 Å². The van der Waals surface area contributed by atoms with Gasteiger partial charge in [0.05, 0.1) is 24.3 Å². The maximum Gasteiger partial charge on any atom is 0.321 e. The Balaban J connectivity index is 1.92.